The minimum Gasteiger partial charge on any atom is -0.449 e. The van der Waals surface area contributed by atoms with Crippen molar-refractivity contribution in [3.8, 4) is 11.5 Å². The van der Waals surface area contributed by atoms with Gasteiger partial charge in [-0.1, -0.05) is 19.3 Å². The van der Waals surface area contributed by atoms with Gasteiger partial charge in [0, 0.05) is 11.8 Å². The second-order valence-electron chi connectivity index (χ2n) is 6.19. The smallest absolute Gasteiger partial charge is 0.433 e. The molecule has 1 fully saturated rings. The molecule has 0 atom stereocenters. The van der Waals surface area contributed by atoms with E-state index >= 15 is 0 Å². The van der Waals surface area contributed by atoms with E-state index in [1.54, 1.807) is 6.92 Å². The zero-order chi connectivity index (χ0) is 19.2. The number of carbonyl (C=O) groups excluding carboxylic acids is 1. The lowest BCUT2D eigenvalue weighted by Crippen LogP contribution is -2.18. The Morgan fingerprint density at radius 2 is 2.26 bits per heavy atom. The van der Waals surface area contributed by atoms with Gasteiger partial charge in [0.2, 0.25) is 0 Å². The maximum Gasteiger partial charge on any atom is 0.433 e. The van der Waals surface area contributed by atoms with E-state index in [1.165, 1.54) is 24.8 Å². The summed E-state index contributed by atoms with van der Waals surface area (Å²) in [5.74, 6) is -0.0846. The van der Waals surface area contributed by atoms with Gasteiger partial charge in [-0.3, -0.25) is 14.8 Å². The van der Waals surface area contributed by atoms with Gasteiger partial charge in [-0.05, 0) is 25.8 Å². The lowest BCUT2D eigenvalue weighted by molar-refractivity contribution is -0.401. The Balaban J connectivity index is 1.88. The van der Waals surface area contributed by atoms with E-state index in [2.05, 4.69) is 15.6 Å². The van der Waals surface area contributed by atoms with Crippen LogP contribution in [0.1, 0.15) is 50.6 Å². The normalized spacial score (nSPS) is 15.1. The number of nitrogens with one attached hydrogen (secondary N) is 1. The molecule has 144 valence electrons. The quantitative estimate of drug-likeness (QED) is 0.467. The molecule has 0 aromatic carbocycles. The fraction of sp³-hybridized carbons (Fsp3) is 0.471. The number of carbonyl (C=O) groups is 1. The minimum atomic E-state index is -0.663. The van der Waals surface area contributed by atoms with Crippen LogP contribution >= 0.6 is 0 Å². The lowest BCUT2D eigenvalue weighted by atomic mass is 9.96. The van der Waals surface area contributed by atoms with E-state index in [0.29, 0.717) is 11.3 Å². The average Bonchev–Trinajstić information content (AvgIpc) is 3.30. The van der Waals surface area contributed by atoms with Crippen LogP contribution in [0, 0.1) is 10.1 Å². The molecule has 1 N–H and O–H groups in total. The number of nitrogens with zero attached hydrogens (tertiary/aromatic N) is 4. The van der Waals surface area contributed by atoms with E-state index in [9.17, 15) is 14.9 Å². The van der Waals surface area contributed by atoms with Crippen molar-refractivity contribution in [2.75, 3.05) is 6.61 Å². The Kier molecular flexibility index (Phi) is 5.84. The van der Waals surface area contributed by atoms with Gasteiger partial charge in [0.25, 0.3) is 0 Å². The number of amides is 1. The molecular formula is C17H21N5O5. The van der Waals surface area contributed by atoms with Crippen LogP contribution in [0.4, 0.5) is 10.7 Å². The van der Waals surface area contributed by atoms with Gasteiger partial charge in [-0.15, -0.1) is 0 Å². The second kappa shape index (κ2) is 8.47. The van der Waals surface area contributed by atoms with Crippen molar-refractivity contribution in [3.63, 3.8) is 0 Å². The van der Waals surface area contributed by atoms with Crippen molar-refractivity contribution in [2.45, 2.75) is 45.1 Å². The maximum absolute atomic E-state index is 11.4. The first-order valence-corrected chi connectivity index (χ1v) is 8.88. The third-order valence-electron chi connectivity index (χ3n) is 4.35. The summed E-state index contributed by atoms with van der Waals surface area (Å²) in [5, 5.41) is 19.3. The maximum atomic E-state index is 11.4. The summed E-state index contributed by atoms with van der Waals surface area (Å²) >= 11 is 0. The zero-order valence-corrected chi connectivity index (χ0v) is 15.0. The molecule has 0 unspecified atom stereocenters. The summed E-state index contributed by atoms with van der Waals surface area (Å²) in [4.78, 5) is 21.6. The van der Waals surface area contributed by atoms with Gasteiger partial charge in [-0.25, -0.2) is 10.2 Å². The molecule has 0 saturated heterocycles. The van der Waals surface area contributed by atoms with Gasteiger partial charge >= 0.3 is 12.0 Å². The first kappa shape index (κ1) is 18.6. The number of furan rings is 1. The van der Waals surface area contributed by atoms with Gasteiger partial charge < -0.3 is 9.15 Å². The van der Waals surface area contributed by atoms with Gasteiger partial charge in [0.1, 0.15) is 10.6 Å². The number of nitro groups is 1. The van der Waals surface area contributed by atoms with Crippen LogP contribution in [-0.4, -0.2) is 33.6 Å². The van der Waals surface area contributed by atoms with Crippen LogP contribution < -0.4 is 5.43 Å². The molecule has 2 heterocycles. The summed E-state index contributed by atoms with van der Waals surface area (Å²) in [6.45, 7) is 1.93. The molecule has 2 aromatic heterocycles. The highest BCUT2D eigenvalue weighted by molar-refractivity contribution is 5.88. The predicted octanol–water partition coefficient (Wildman–Crippen LogP) is 3.64. The molecule has 1 aliphatic carbocycles. The molecule has 2 aromatic rings. The number of rotatable bonds is 6. The van der Waals surface area contributed by atoms with Crippen LogP contribution in [0.25, 0.3) is 11.5 Å². The van der Waals surface area contributed by atoms with E-state index in [0.717, 1.165) is 25.7 Å². The molecule has 0 radical (unpaired) electrons. The van der Waals surface area contributed by atoms with Crippen LogP contribution in [-0.2, 0) is 4.74 Å². The highest BCUT2D eigenvalue weighted by atomic mass is 16.6. The fourth-order valence-corrected chi connectivity index (χ4v) is 3.10. The summed E-state index contributed by atoms with van der Waals surface area (Å²) in [7, 11) is 0. The Morgan fingerprint density at radius 3 is 2.93 bits per heavy atom. The van der Waals surface area contributed by atoms with Gasteiger partial charge in [-0.2, -0.15) is 10.2 Å². The van der Waals surface area contributed by atoms with Gasteiger partial charge in [0.15, 0.2) is 5.76 Å². The predicted molar refractivity (Wildman–Crippen MR) is 96.5 cm³/mol. The molecular weight excluding hydrogens is 354 g/mol. The van der Waals surface area contributed by atoms with E-state index in [4.69, 9.17) is 9.15 Å². The van der Waals surface area contributed by atoms with Crippen molar-refractivity contribution >= 4 is 18.2 Å². The van der Waals surface area contributed by atoms with Crippen LogP contribution in [0.5, 0.6) is 0 Å². The second-order valence-corrected chi connectivity index (χ2v) is 6.19. The highest BCUT2D eigenvalue weighted by Crippen LogP contribution is 2.31. The largest absolute Gasteiger partial charge is 0.449 e. The van der Waals surface area contributed by atoms with Crippen LogP contribution in [0.15, 0.2) is 27.8 Å². The SMILES string of the molecule is CCOC(=O)N/N=C/c1cn(C2CCCCC2)nc1-c1ccc([N+](=O)[O-])o1. The molecule has 0 bridgehead atoms. The average molecular weight is 375 g/mol. The third-order valence-corrected chi connectivity index (χ3v) is 4.35. The number of hydrazone groups is 1. The standard InChI is InChI=1S/C17H21N5O5/c1-2-26-17(23)19-18-10-12-11-21(13-6-4-3-5-7-13)20-16(12)14-8-9-15(27-14)22(24)25/h8-11,13H,2-7H2,1H3,(H,19,23)/b18-10+. The molecule has 10 nitrogen and oxygen atoms in total. The van der Waals surface area contributed by atoms with Gasteiger partial charge in [0.05, 0.1) is 24.9 Å². The first-order valence-electron chi connectivity index (χ1n) is 8.88. The monoisotopic (exact) mass is 375 g/mol. The number of ether oxygens (including phenoxy) is 1. The lowest BCUT2D eigenvalue weighted by Gasteiger charge is -2.21. The Bertz CT molecular complexity index is 835. The molecule has 0 aliphatic heterocycles. The highest BCUT2D eigenvalue weighted by Gasteiger charge is 2.22. The van der Waals surface area contributed by atoms with Crippen molar-refractivity contribution in [2.24, 2.45) is 5.10 Å². The first-order chi connectivity index (χ1) is 13.1. The molecule has 1 aliphatic rings. The summed E-state index contributed by atoms with van der Waals surface area (Å²) < 4.78 is 11.9. The summed E-state index contributed by atoms with van der Waals surface area (Å²) in [6, 6.07) is 3.05. The number of hydrogen-bond acceptors (Lipinski definition) is 7. The number of aromatic nitrogens is 2. The van der Waals surface area contributed by atoms with E-state index < -0.39 is 11.0 Å². The number of hydrogen-bond donors (Lipinski definition) is 1. The Labute approximate surface area is 155 Å². The molecule has 1 saturated carbocycles. The summed E-state index contributed by atoms with van der Waals surface area (Å²) in [5.41, 5.74) is 3.27. The van der Waals surface area contributed by atoms with E-state index in [1.807, 2.05) is 10.9 Å². The Hall–Kier alpha value is -3.17. The molecule has 10 heteroatoms. The van der Waals surface area contributed by atoms with Crippen molar-refractivity contribution < 1.29 is 18.9 Å². The Morgan fingerprint density at radius 1 is 1.48 bits per heavy atom. The zero-order valence-electron chi connectivity index (χ0n) is 15.0. The van der Waals surface area contributed by atoms with Crippen LogP contribution in [0.2, 0.25) is 0 Å². The van der Waals surface area contributed by atoms with Crippen LogP contribution in [0.3, 0.4) is 0 Å². The minimum absolute atomic E-state index is 0.238. The molecule has 1 amide bonds. The topological polar surface area (TPSA) is 125 Å². The molecule has 0 spiro atoms. The van der Waals surface area contributed by atoms with Crippen molar-refractivity contribution in [1.82, 2.24) is 15.2 Å². The third kappa shape index (κ3) is 4.52. The van der Waals surface area contributed by atoms with Crippen molar-refractivity contribution in [1.29, 1.82) is 0 Å². The van der Waals surface area contributed by atoms with Crippen molar-refractivity contribution in [3.05, 3.63) is 34.0 Å². The van der Waals surface area contributed by atoms with E-state index in [-0.39, 0.29) is 24.3 Å². The fourth-order valence-electron chi connectivity index (χ4n) is 3.10. The molecule has 3 rings (SSSR count). The summed E-state index contributed by atoms with van der Waals surface area (Å²) in [6.07, 6.45) is 8.12. The molecule has 27 heavy (non-hydrogen) atoms.